The standard InChI is InChI=1S/C22H28ClF3N2O3/c1-13-5-9-28(10-6-13)18(14(2)22(24,25)26)19(29)27-17-11-15(3-4-16(17)23)12-21(7-8-21)20(30)31/h3-4,11,13-14,18H,5-10,12H2,1-2H3,(H,27,29)(H,30,31). The molecular formula is C22H28ClF3N2O3. The molecule has 5 nitrogen and oxygen atoms in total. The minimum Gasteiger partial charge on any atom is -0.481 e. The maximum atomic E-state index is 13.6. The number of alkyl halides is 3. The molecule has 0 radical (unpaired) electrons. The fourth-order valence-electron chi connectivity index (χ4n) is 4.19. The maximum absolute atomic E-state index is 13.6. The van der Waals surface area contributed by atoms with Gasteiger partial charge in [-0.05, 0) is 68.8 Å². The minimum absolute atomic E-state index is 0.197. The first-order valence-corrected chi connectivity index (χ1v) is 10.9. The Bertz CT molecular complexity index is 834. The van der Waals surface area contributed by atoms with E-state index in [1.165, 1.54) is 6.07 Å². The van der Waals surface area contributed by atoms with Crippen LogP contribution >= 0.6 is 11.6 Å². The fourth-order valence-corrected chi connectivity index (χ4v) is 4.35. The predicted octanol–water partition coefficient (Wildman–Crippen LogP) is 4.98. The van der Waals surface area contributed by atoms with Gasteiger partial charge in [0.1, 0.15) is 6.04 Å². The molecule has 1 aliphatic carbocycles. The number of halogens is 4. The third-order valence-corrected chi connectivity index (χ3v) is 6.94. The van der Waals surface area contributed by atoms with Crippen LogP contribution in [0.4, 0.5) is 18.9 Å². The van der Waals surface area contributed by atoms with Crippen molar-refractivity contribution in [1.82, 2.24) is 4.90 Å². The maximum Gasteiger partial charge on any atom is 0.393 e. The van der Waals surface area contributed by atoms with Gasteiger partial charge in [-0.25, -0.2) is 0 Å². The van der Waals surface area contributed by atoms with Crippen molar-refractivity contribution >= 4 is 29.2 Å². The molecule has 0 aromatic heterocycles. The molecule has 1 saturated carbocycles. The number of carbonyl (C=O) groups is 2. The van der Waals surface area contributed by atoms with Crippen LogP contribution in [-0.4, -0.2) is 47.2 Å². The third-order valence-electron chi connectivity index (χ3n) is 6.61. The van der Waals surface area contributed by atoms with Gasteiger partial charge in [0, 0.05) is 0 Å². The van der Waals surface area contributed by atoms with Gasteiger partial charge in [-0.1, -0.05) is 31.5 Å². The lowest BCUT2D eigenvalue weighted by Gasteiger charge is -2.39. The lowest BCUT2D eigenvalue weighted by Crippen LogP contribution is -2.54. The van der Waals surface area contributed by atoms with Crippen molar-refractivity contribution in [2.45, 2.75) is 58.2 Å². The average Bonchev–Trinajstić information content (AvgIpc) is 3.46. The normalized spacial score (nSPS) is 21.4. The topological polar surface area (TPSA) is 69.6 Å². The van der Waals surface area contributed by atoms with Gasteiger partial charge in [0.15, 0.2) is 0 Å². The number of carboxylic acids is 1. The average molecular weight is 461 g/mol. The van der Waals surface area contributed by atoms with Crippen molar-refractivity contribution in [3.8, 4) is 0 Å². The lowest BCUT2D eigenvalue weighted by molar-refractivity contribution is -0.189. The quantitative estimate of drug-likeness (QED) is 0.601. The Kier molecular flexibility index (Phi) is 6.91. The number of aliphatic carboxylic acids is 1. The van der Waals surface area contributed by atoms with E-state index in [0.717, 1.165) is 19.8 Å². The molecule has 2 atom stereocenters. The molecule has 1 aromatic carbocycles. The summed E-state index contributed by atoms with van der Waals surface area (Å²) in [7, 11) is 0. The summed E-state index contributed by atoms with van der Waals surface area (Å²) in [6, 6.07) is 3.43. The first-order valence-electron chi connectivity index (χ1n) is 10.6. The molecule has 2 N–H and O–H groups in total. The smallest absolute Gasteiger partial charge is 0.393 e. The highest BCUT2D eigenvalue weighted by atomic mass is 35.5. The number of carbonyl (C=O) groups excluding carboxylic acids is 1. The summed E-state index contributed by atoms with van der Waals surface area (Å²) >= 11 is 6.20. The van der Waals surface area contributed by atoms with Crippen LogP contribution in [0, 0.1) is 17.3 Å². The molecule has 1 aliphatic heterocycles. The Morgan fingerprint density at radius 1 is 1.29 bits per heavy atom. The van der Waals surface area contributed by atoms with E-state index in [2.05, 4.69) is 12.2 Å². The molecule has 1 heterocycles. The van der Waals surface area contributed by atoms with Crippen molar-refractivity contribution in [1.29, 1.82) is 0 Å². The molecular weight excluding hydrogens is 433 g/mol. The monoisotopic (exact) mass is 460 g/mol. The Hall–Kier alpha value is -1.80. The van der Waals surface area contributed by atoms with Gasteiger partial charge >= 0.3 is 12.1 Å². The molecule has 9 heteroatoms. The highest BCUT2D eigenvalue weighted by Crippen LogP contribution is 2.49. The molecule has 2 unspecified atom stereocenters. The lowest BCUT2D eigenvalue weighted by atomic mass is 9.92. The van der Waals surface area contributed by atoms with E-state index in [0.29, 0.717) is 37.4 Å². The van der Waals surface area contributed by atoms with E-state index in [9.17, 15) is 27.9 Å². The van der Waals surface area contributed by atoms with Crippen molar-refractivity contribution < 1.29 is 27.9 Å². The molecule has 3 rings (SSSR count). The van der Waals surface area contributed by atoms with Crippen LogP contribution in [0.25, 0.3) is 0 Å². The Balaban J connectivity index is 1.80. The number of likely N-dealkylation sites (tertiary alicyclic amines) is 1. The SMILES string of the molecule is CC1CCN(C(C(=O)Nc2cc(CC3(C(=O)O)CC3)ccc2Cl)C(C)C(F)(F)F)CC1. The van der Waals surface area contributed by atoms with E-state index in [1.807, 2.05) is 0 Å². The number of rotatable bonds is 7. The number of amides is 1. The first-order chi connectivity index (χ1) is 14.4. The summed E-state index contributed by atoms with van der Waals surface area (Å²) in [4.78, 5) is 26.1. The Labute approximate surface area is 184 Å². The molecule has 172 valence electrons. The minimum atomic E-state index is -4.52. The van der Waals surface area contributed by atoms with Crippen LogP contribution in [0.2, 0.25) is 5.02 Å². The predicted molar refractivity (Wildman–Crippen MR) is 112 cm³/mol. The van der Waals surface area contributed by atoms with Crippen molar-refractivity contribution in [3.05, 3.63) is 28.8 Å². The molecule has 1 amide bonds. The van der Waals surface area contributed by atoms with Gasteiger partial charge in [0.05, 0.1) is 22.0 Å². The van der Waals surface area contributed by atoms with E-state index in [-0.39, 0.29) is 17.1 Å². The second-order valence-electron chi connectivity index (χ2n) is 9.06. The second-order valence-corrected chi connectivity index (χ2v) is 9.47. The molecule has 1 saturated heterocycles. The Morgan fingerprint density at radius 2 is 1.90 bits per heavy atom. The Morgan fingerprint density at radius 3 is 2.42 bits per heavy atom. The number of hydrogen-bond acceptors (Lipinski definition) is 3. The largest absolute Gasteiger partial charge is 0.481 e. The van der Waals surface area contributed by atoms with Gasteiger partial charge in [-0.3, -0.25) is 14.5 Å². The van der Waals surface area contributed by atoms with E-state index in [4.69, 9.17) is 11.6 Å². The van der Waals surface area contributed by atoms with Crippen LogP contribution in [0.1, 0.15) is 45.1 Å². The van der Waals surface area contributed by atoms with Gasteiger partial charge in [0.2, 0.25) is 5.91 Å². The van der Waals surface area contributed by atoms with Crippen molar-refractivity contribution in [2.24, 2.45) is 17.3 Å². The number of benzene rings is 1. The summed E-state index contributed by atoms with van der Waals surface area (Å²) in [6.07, 6.45) is -1.61. The molecule has 1 aromatic rings. The zero-order valence-corrected chi connectivity index (χ0v) is 18.4. The number of piperidine rings is 1. The van der Waals surface area contributed by atoms with Crippen LogP contribution < -0.4 is 5.32 Å². The number of hydrogen-bond donors (Lipinski definition) is 2. The number of nitrogens with zero attached hydrogens (tertiary/aromatic N) is 1. The number of carboxylic acid groups (broad SMARTS) is 1. The van der Waals surface area contributed by atoms with Crippen LogP contribution in [0.15, 0.2) is 18.2 Å². The van der Waals surface area contributed by atoms with Crippen LogP contribution in [0.5, 0.6) is 0 Å². The highest BCUT2D eigenvalue weighted by molar-refractivity contribution is 6.33. The third kappa shape index (κ3) is 5.52. The molecule has 0 bridgehead atoms. The summed E-state index contributed by atoms with van der Waals surface area (Å²) in [5.74, 6) is -3.05. The summed E-state index contributed by atoms with van der Waals surface area (Å²) in [6.45, 7) is 3.93. The number of anilines is 1. The molecule has 0 spiro atoms. The summed E-state index contributed by atoms with van der Waals surface area (Å²) in [5, 5.41) is 12.2. The molecule has 2 aliphatic rings. The fraction of sp³-hybridized carbons (Fsp3) is 0.636. The van der Waals surface area contributed by atoms with Gasteiger partial charge in [-0.15, -0.1) is 0 Å². The summed E-state index contributed by atoms with van der Waals surface area (Å²) < 4.78 is 40.7. The molecule has 31 heavy (non-hydrogen) atoms. The summed E-state index contributed by atoms with van der Waals surface area (Å²) in [5.41, 5.74) is 0.0781. The first kappa shape index (κ1) is 23.9. The van der Waals surface area contributed by atoms with Gasteiger partial charge in [0.25, 0.3) is 0 Å². The van der Waals surface area contributed by atoms with E-state index < -0.39 is 35.4 Å². The number of nitrogens with one attached hydrogen (secondary N) is 1. The van der Waals surface area contributed by atoms with Crippen LogP contribution in [-0.2, 0) is 16.0 Å². The van der Waals surface area contributed by atoms with Gasteiger partial charge < -0.3 is 10.4 Å². The van der Waals surface area contributed by atoms with Crippen molar-refractivity contribution in [2.75, 3.05) is 18.4 Å². The highest BCUT2D eigenvalue weighted by Gasteiger charge is 2.50. The van der Waals surface area contributed by atoms with Crippen molar-refractivity contribution in [3.63, 3.8) is 0 Å². The van der Waals surface area contributed by atoms with Crippen LogP contribution in [0.3, 0.4) is 0 Å². The van der Waals surface area contributed by atoms with E-state index in [1.54, 1.807) is 17.0 Å². The molecule has 2 fully saturated rings. The zero-order valence-electron chi connectivity index (χ0n) is 17.6. The van der Waals surface area contributed by atoms with Gasteiger partial charge in [-0.2, -0.15) is 13.2 Å². The van der Waals surface area contributed by atoms with E-state index >= 15 is 0 Å². The zero-order chi connectivity index (χ0) is 23.0. The second kappa shape index (κ2) is 8.98.